The van der Waals surface area contributed by atoms with E-state index in [2.05, 4.69) is 53.8 Å². The molecule has 0 bridgehead atoms. The van der Waals surface area contributed by atoms with Gasteiger partial charge in [-0.1, -0.05) is 48.5 Å². The van der Waals surface area contributed by atoms with E-state index in [1.54, 1.807) is 29.3 Å². The first-order valence-corrected chi connectivity index (χ1v) is 14.5. The summed E-state index contributed by atoms with van der Waals surface area (Å²) in [5, 5.41) is 6.83. The first kappa shape index (κ1) is 25.7. The number of para-hydroxylation sites is 1. The second kappa shape index (κ2) is 10.5. The zero-order valence-electron chi connectivity index (χ0n) is 24.0. The molecular weight excluding hydrogens is 574 g/mol. The van der Waals surface area contributed by atoms with Gasteiger partial charge in [-0.3, -0.25) is 14.5 Å². The lowest BCUT2D eigenvalue weighted by Crippen LogP contribution is -2.06. The molecule has 9 aromatic rings. The van der Waals surface area contributed by atoms with E-state index in [0.717, 1.165) is 44.1 Å². The summed E-state index contributed by atoms with van der Waals surface area (Å²) in [5.74, 6) is 3.30. The highest BCUT2D eigenvalue weighted by molar-refractivity contribution is 6.10. The van der Waals surface area contributed by atoms with Gasteiger partial charge in [0.15, 0.2) is 23.3 Å². The molecule has 0 aliphatic carbocycles. The Morgan fingerprint density at radius 1 is 0.478 bits per heavy atom. The fourth-order valence-corrected chi connectivity index (χ4v) is 5.68. The molecule has 0 radical (unpaired) electrons. The molecule has 9 rings (SSSR count). The normalized spacial score (nSPS) is 11.5. The standard InChI is InChI=1S/C35H21N11/c1-2-6-22(7-3-1)32-43-34-39-21-38-33(46(34)44-32)25-10-11-29-27(20-25)26-8-4-5-9-28(26)45(29)35-41-30(23-12-16-36-17-13-23)40-31(42-35)24-14-18-37-19-15-24/h1-21H. The predicted octanol–water partition coefficient (Wildman–Crippen LogP) is 6.26. The van der Waals surface area contributed by atoms with Crippen LogP contribution in [-0.4, -0.2) is 54.1 Å². The van der Waals surface area contributed by atoms with Crippen LogP contribution in [0.25, 0.3) is 79.1 Å². The third-order valence-corrected chi connectivity index (χ3v) is 7.81. The van der Waals surface area contributed by atoms with Crippen molar-refractivity contribution in [3.05, 3.63) is 128 Å². The van der Waals surface area contributed by atoms with Crippen molar-refractivity contribution in [3.8, 4) is 51.5 Å². The van der Waals surface area contributed by atoms with Gasteiger partial charge in [-0.05, 0) is 48.5 Å². The highest BCUT2D eigenvalue weighted by Gasteiger charge is 2.19. The predicted molar refractivity (Wildman–Crippen MR) is 174 cm³/mol. The van der Waals surface area contributed by atoms with Crippen LogP contribution in [0.5, 0.6) is 0 Å². The van der Waals surface area contributed by atoms with E-state index in [-0.39, 0.29) is 0 Å². The first-order valence-electron chi connectivity index (χ1n) is 14.5. The lowest BCUT2D eigenvalue weighted by molar-refractivity contribution is 0.905. The topological polar surface area (TPSA) is 125 Å². The van der Waals surface area contributed by atoms with Crippen molar-refractivity contribution in [2.45, 2.75) is 0 Å². The molecule has 0 aliphatic heterocycles. The second-order valence-corrected chi connectivity index (χ2v) is 10.5. The van der Waals surface area contributed by atoms with Gasteiger partial charge >= 0.3 is 0 Å². The van der Waals surface area contributed by atoms with E-state index in [4.69, 9.17) is 20.1 Å². The van der Waals surface area contributed by atoms with E-state index in [1.165, 1.54) is 6.33 Å². The molecule has 0 aliphatic rings. The summed E-state index contributed by atoms with van der Waals surface area (Å²) >= 11 is 0. The summed E-state index contributed by atoms with van der Waals surface area (Å²) < 4.78 is 3.76. The third-order valence-electron chi connectivity index (χ3n) is 7.81. The van der Waals surface area contributed by atoms with Crippen LogP contribution in [0.1, 0.15) is 0 Å². The quantitative estimate of drug-likeness (QED) is 0.227. The number of aromatic nitrogens is 11. The monoisotopic (exact) mass is 595 g/mol. The van der Waals surface area contributed by atoms with E-state index in [1.807, 2.05) is 72.8 Å². The average molecular weight is 596 g/mol. The average Bonchev–Trinajstić information content (AvgIpc) is 3.72. The molecule has 0 fully saturated rings. The minimum atomic E-state index is 0.476. The van der Waals surface area contributed by atoms with Crippen LogP contribution in [-0.2, 0) is 0 Å². The molecule has 0 saturated heterocycles. The van der Waals surface area contributed by atoms with Gasteiger partial charge in [0.05, 0.1) is 11.0 Å². The third kappa shape index (κ3) is 4.26. The van der Waals surface area contributed by atoms with Crippen molar-refractivity contribution in [1.82, 2.24) is 54.1 Å². The van der Waals surface area contributed by atoms with Gasteiger partial charge in [0.2, 0.25) is 5.95 Å². The van der Waals surface area contributed by atoms with E-state index < -0.39 is 0 Å². The summed E-state index contributed by atoms with van der Waals surface area (Å²) in [7, 11) is 0. The summed E-state index contributed by atoms with van der Waals surface area (Å²) in [6, 6.07) is 31.8. The van der Waals surface area contributed by atoms with Gasteiger partial charge < -0.3 is 0 Å². The van der Waals surface area contributed by atoms with Crippen molar-refractivity contribution in [3.63, 3.8) is 0 Å². The Balaban J connectivity index is 1.25. The molecule has 0 unspecified atom stereocenters. The van der Waals surface area contributed by atoms with E-state index >= 15 is 0 Å². The van der Waals surface area contributed by atoms with Crippen molar-refractivity contribution in [2.24, 2.45) is 0 Å². The van der Waals surface area contributed by atoms with Crippen LogP contribution in [0.2, 0.25) is 0 Å². The molecule has 0 amide bonds. The Labute approximate surface area is 261 Å². The molecule has 3 aromatic carbocycles. The molecule has 216 valence electrons. The molecule has 46 heavy (non-hydrogen) atoms. The fourth-order valence-electron chi connectivity index (χ4n) is 5.68. The van der Waals surface area contributed by atoms with Gasteiger partial charge in [-0.2, -0.15) is 24.5 Å². The van der Waals surface area contributed by atoms with Crippen LogP contribution >= 0.6 is 0 Å². The lowest BCUT2D eigenvalue weighted by atomic mass is 10.1. The van der Waals surface area contributed by atoms with E-state index in [0.29, 0.717) is 35.0 Å². The number of rotatable bonds is 5. The van der Waals surface area contributed by atoms with Crippen LogP contribution in [0.4, 0.5) is 0 Å². The number of pyridine rings is 2. The molecular formula is C35H21N11. The van der Waals surface area contributed by atoms with Crippen LogP contribution in [0, 0.1) is 0 Å². The van der Waals surface area contributed by atoms with Gasteiger partial charge in [0.25, 0.3) is 5.78 Å². The smallest absolute Gasteiger partial charge is 0.256 e. The Morgan fingerprint density at radius 2 is 1.13 bits per heavy atom. The maximum Gasteiger partial charge on any atom is 0.256 e. The van der Waals surface area contributed by atoms with Gasteiger partial charge in [0, 0.05) is 57.8 Å². The molecule has 6 aromatic heterocycles. The zero-order chi connectivity index (χ0) is 30.5. The lowest BCUT2D eigenvalue weighted by Gasteiger charge is -2.11. The Kier molecular flexibility index (Phi) is 5.85. The second-order valence-electron chi connectivity index (χ2n) is 10.5. The van der Waals surface area contributed by atoms with Crippen LogP contribution < -0.4 is 0 Å². The SMILES string of the molecule is c1ccc(-c2nc3ncnc(-c4ccc5c(c4)c4ccccc4n5-c4nc(-c5ccncc5)nc(-c5ccncc5)n4)n3n2)cc1. The fraction of sp³-hybridized carbons (Fsp3) is 0. The number of hydrogen-bond donors (Lipinski definition) is 0. The molecule has 0 N–H and O–H groups in total. The largest absolute Gasteiger partial charge is 0.278 e. The molecule has 11 nitrogen and oxygen atoms in total. The Morgan fingerprint density at radius 3 is 1.87 bits per heavy atom. The molecule has 0 atom stereocenters. The number of fused-ring (bicyclic) bond motifs is 4. The number of benzene rings is 3. The molecule has 11 heteroatoms. The number of hydrogen-bond acceptors (Lipinski definition) is 9. The van der Waals surface area contributed by atoms with Crippen LogP contribution in [0.15, 0.2) is 128 Å². The minimum absolute atomic E-state index is 0.476. The summed E-state index contributed by atoms with van der Waals surface area (Å²) in [4.78, 5) is 36.8. The molecule has 0 saturated carbocycles. The van der Waals surface area contributed by atoms with Crippen molar-refractivity contribution in [1.29, 1.82) is 0 Å². The maximum absolute atomic E-state index is 4.98. The van der Waals surface area contributed by atoms with E-state index in [9.17, 15) is 0 Å². The zero-order valence-corrected chi connectivity index (χ0v) is 24.0. The minimum Gasteiger partial charge on any atom is -0.278 e. The van der Waals surface area contributed by atoms with Crippen molar-refractivity contribution >= 4 is 27.6 Å². The summed E-state index contributed by atoms with van der Waals surface area (Å²) in [6.07, 6.45) is 8.45. The maximum atomic E-state index is 4.98. The number of nitrogens with zero attached hydrogens (tertiary/aromatic N) is 11. The highest BCUT2D eigenvalue weighted by Crippen LogP contribution is 2.34. The van der Waals surface area contributed by atoms with Gasteiger partial charge in [0.1, 0.15) is 6.33 Å². The van der Waals surface area contributed by atoms with Crippen LogP contribution in [0.3, 0.4) is 0 Å². The summed E-state index contributed by atoms with van der Waals surface area (Å²) in [6.45, 7) is 0. The van der Waals surface area contributed by atoms with Crippen molar-refractivity contribution in [2.75, 3.05) is 0 Å². The molecule has 6 heterocycles. The van der Waals surface area contributed by atoms with Gasteiger partial charge in [-0.25, -0.2) is 9.97 Å². The van der Waals surface area contributed by atoms with Crippen molar-refractivity contribution < 1.29 is 0 Å². The van der Waals surface area contributed by atoms with Gasteiger partial charge in [-0.15, -0.1) is 5.10 Å². The molecule has 0 spiro atoms. The Bertz CT molecular complexity index is 2470. The Hall–Kier alpha value is -6.75. The highest BCUT2D eigenvalue weighted by atomic mass is 15.4. The first-order chi connectivity index (χ1) is 22.8. The summed E-state index contributed by atoms with van der Waals surface area (Å²) in [5.41, 5.74) is 5.36.